The van der Waals surface area contributed by atoms with Crippen LogP contribution < -0.4 is 0 Å². The zero-order valence-corrected chi connectivity index (χ0v) is 7.30. The van der Waals surface area contributed by atoms with Crippen molar-refractivity contribution in [3.05, 3.63) is 29.1 Å². The van der Waals surface area contributed by atoms with Gasteiger partial charge in [0.15, 0.2) is 11.6 Å². The predicted molar refractivity (Wildman–Crippen MR) is 44.1 cm³/mol. The van der Waals surface area contributed by atoms with Gasteiger partial charge in [-0.1, -0.05) is 6.07 Å². The molecule has 0 aliphatic carbocycles. The van der Waals surface area contributed by atoms with Crippen LogP contribution in [0.5, 0.6) is 5.75 Å². The van der Waals surface area contributed by atoms with Crippen LogP contribution >= 0.6 is 0 Å². The summed E-state index contributed by atoms with van der Waals surface area (Å²) in [4.78, 5) is 11.0. The summed E-state index contributed by atoms with van der Waals surface area (Å²) in [6.07, 6.45) is 0. The maximum Gasteiger partial charge on any atom is 0.341 e. The Morgan fingerprint density at radius 2 is 2.15 bits per heavy atom. The number of hydrogen-bond donors (Lipinski definition) is 1. The van der Waals surface area contributed by atoms with E-state index in [0.717, 1.165) is 7.11 Å². The number of ether oxygens (including phenoxy) is 1. The Bertz CT molecular complexity index is 347. The molecule has 0 spiro atoms. The van der Waals surface area contributed by atoms with E-state index in [1.807, 2.05) is 0 Å². The quantitative estimate of drug-likeness (QED) is 0.674. The molecule has 0 saturated heterocycles. The first-order valence-corrected chi connectivity index (χ1v) is 3.64. The number of phenolic OH excluding ortho intramolecular Hbond substituents is 1. The molecule has 0 atom stereocenters. The van der Waals surface area contributed by atoms with E-state index in [4.69, 9.17) is 5.11 Å². The summed E-state index contributed by atoms with van der Waals surface area (Å²) in [7, 11) is 1.16. The number of halogens is 1. The van der Waals surface area contributed by atoms with Crippen LogP contribution in [0.1, 0.15) is 15.9 Å². The van der Waals surface area contributed by atoms with E-state index in [9.17, 15) is 9.18 Å². The number of rotatable bonds is 1. The van der Waals surface area contributed by atoms with E-state index in [2.05, 4.69) is 4.74 Å². The Hall–Kier alpha value is -1.58. The van der Waals surface area contributed by atoms with Crippen LogP contribution in [0.3, 0.4) is 0 Å². The minimum atomic E-state index is -0.938. The molecule has 0 bridgehead atoms. The van der Waals surface area contributed by atoms with Crippen LogP contribution in [0, 0.1) is 12.7 Å². The average Bonchev–Trinajstić information content (AvgIpc) is 2.12. The number of phenols is 1. The van der Waals surface area contributed by atoms with Crippen molar-refractivity contribution in [3.63, 3.8) is 0 Å². The molecule has 1 aromatic rings. The van der Waals surface area contributed by atoms with E-state index < -0.39 is 17.5 Å². The van der Waals surface area contributed by atoms with Crippen molar-refractivity contribution in [1.29, 1.82) is 0 Å². The smallest absolute Gasteiger partial charge is 0.341 e. The van der Waals surface area contributed by atoms with Crippen LogP contribution in [-0.2, 0) is 4.74 Å². The van der Waals surface area contributed by atoms with E-state index in [-0.39, 0.29) is 5.56 Å². The summed E-state index contributed by atoms with van der Waals surface area (Å²) >= 11 is 0. The number of hydrogen-bond acceptors (Lipinski definition) is 3. The molecule has 0 aliphatic heterocycles. The normalized spacial score (nSPS) is 9.77. The summed E-state index contributed by atoms with van der Waals surface area (Å²) in [5.41, 5.74) is 0.213. The van der Waals surface area contributed by atoms with Gasteiger partial charge in [0.25, 0.3) is 0 Å². The molecule has 3 nitrogen and oxygen atoms in total. The van der Waals surface area contributed by atoms with Crippen molar-refractivity contribution in [2.24, 2.45) is 0 Å². The maximum atomic E-state index is 13.1. The maximum absolute atomic E-state index is 13.1. The second kappa shape index (κ2) is 3.43. The Labute approximate surface area is 74.8 Å². The van der Waals surface area contributed by atoms with Gasteiger partial charge >= 0.3 is 5.97 Å². The molecule has 0 radical (unpaired) electrons. The summed E-state index contributed by atoms with van der Waals surface area (Å²) < 4.78 is 17.5. The monoisotopic (exact) mass is 184 g/mol. The van der Waals surface area contributed by atoms with Crippen molar-refractivity contribution in [1.82, 2.24) is 0 Å². The Morgan fingerprint density at radius 1 is 1.54 bits per heavy atom. The van der Waals surface area contributed by atoms with Gasteiger partial charge in [-0.2, -0.15) is 0 Å². The molecule has 0 fully saturated rings. The number of carbonyl (C=O) groups excluding carboxylic acids is 1. The molecule has 1 rings (SSSR count). The fourth-order valence-electron chi connectivity index (χ4n) is 1.01. The fraction of sp³-hybridized carbons (Fsp3) is 0.222. The van der Waals surface area contributed by atoms with Gasteiger partial charge in [-0.3, -0.25) is 0 Å². The molecule has 13 heavy (non-hydrogen) atoms. The average molecular weight is 184 g/mol. The fourth-order valence-corrected chi connectivity index (χ4v) is 1.01. The molecule has 0 unspecified atom stereocenters. The van der Waals surface area contributed by atoms with Crippen LogP contribution in [0.2, 0.25) is 0 Å². The second-order valence-corrected chi connectivity index (χ2v) is 2.58. The molecule has 4 heteroatoms. The van der Waals surface area contributed by atoms with Gasteiger partial charge in [0.1, 0.15) is 5.56 Å². The van der Waals surface area contributed by atoms with Gasteiger partial charge in [-0.15, -0.1) is 0 Å². The van der Waals surface area contributed by atoms with Crippen molar-refractivity contribution in [2.75, 3.05) is 7.11 Å². The number of carbonyl (C=O) groups is 1. The van der Waals surface area contributed by atoms with Gasteiger partial charge in [0.05, 0.1) is 7.11 Å². The van der Waals surface area contributed by atoms with Crippen molar-refractivity contribution in [2.45, 2.75) is 6.92 Å². The molecule has 0 aromatic heterocycles. The number of methoxy groups -OCH3 is 1. The van der Waals surface area contributed by atoms with Crippen LogP contribution in [0.25, 0.3) is 0 Å². The number of benzene rings is 1. The number of esters is 1. The van der Waals surface area contributed by atoms with Crippen molar-refractivity contribution >= 4 is 5.97 Å². The molecule has 70 valence electrons. The van der Waals surface area contributed by atoms with Crippen LogP contribution in [-0.4, -0.2) is 18.2 Å². The molecular weight excluding hydrogens is 175 g/mol. The SMILES string of the molecule is COC(=O)c1c(C)ccc(O)c1F. The van der Waals surface area contributed by atoms with E-state index in [1.165, 1.54) is 12.1 Å². The van der Waals surface area contributed by atoms with E-state index >= 15 is 0 Å². The Balaban J connectivity index is 3.33. The van der Waals surface area contributed by atoms with Crippen LogP contribution in [0.4, 0.5) is 4.39 Å². The molecule has 0 amide bonds. The first-order chi connectivity index (χ1) is 6.07. The minimum Gasteiger partial charge on any atom is -0.505 e. The lowest BCUT2D eigenvalue weighted by Crippen LogP contribution is -2.06. The third-order valence-electron chi connectivity index (χ3n) is 1.72. The van der Waals surface area contributed by atoms with Gasteiger partial charge in [0, 0.05) is 0 Å². The van der Waals surface area contributed by atoms with Gasteiger partial charge in [-0.05, 0) is 18.6 Å². The third kappa shape index (κ3) is 1.61. The first-order valence-electron chi connectivity index (χ1n) is 3.64. The lowest BCUT2D eigenvalue weighted by atomic mass is 10.1. The van der Waals surface area contributed by atoms with Gasteiger partial charge in [-0.25, -0.2) is 9.18 Å². The Morgan fingerprint density at radius 3 is 2.69 bits per heavy atom. The summed E-state index contributed by atoms with van der Waals surface area (Å²) in [5, 5.41) is 8.99. The number of aromatic hydroxyl groups is 1. The minimum absolute atomic E-state index is 0.220. The van der Waals surface area contributed by atoms with Gasteiger partial charge < -0.3 is 9.84 Å². The summed E-state index contributed by atoms with van der Waals surface area (Å²) in [6, 6.07) is 2.64. The molecule has 0 heterocycles. The topological polar surface area (TPSA) is 46.5 Å². The molecule has 1 aromatic carbocycles. The van der Waals surface area contributed by atoms with Crippen molar-refractivity contribution < 1.29 is 19.0 Å². The third-order valence-corrected chi connectivity index (χ3v) is 1.72. The predicted octanol–water partition coefficient (Wildman–Crippen LogP) is 1.63. The lowest BCUT2D eigenvalue weighted by Gasteiger charge is -2.05. The Kier molecular flexibility index (Phi) is 2.51. The highest BCUT2D eigenvalue weighted by molar-refractivity contribution is 5.91. The zero-order valence-electron chi connectivity index (χ0n) is 7.30. The second-order valence-electron chi connectivity index (χ2n) is 2.58. The first kappa shape index (κ1) is 9.51. The number of aryl methyl sites for hydroxylation is 1. The molecule has 0 saturated carbocycles. The summed E-state index contributed by atoms with van der Waals surface area (Å²) in [5.74, 6) is -2.27. The van der Waals surface area contributed by atoms with E-state index in [0.29, 0.717) is 5.56 Å². The summed E-state index contributed by atoms with van der Waals surface area (Å²) in [6.45, 7) is 1.56. The standard InChI is InChI=1S/C9H9FO3/c1-5-3-4-6(11)8(10)7(5)9(12)13-2/h3-4,11H,1-2H3. The van der Waals surface area contributed by atoms with E-state index in [1.54, 1.807) is 6.92 Å². The molecule has 0 aliphatic rings. The highest BCUT2D eigenvalue weighted by Crippen LogP contribution is 2.22. The van der Waals surface area contributed by atoms with Crippen molar-refractivity contribution in [3.8, 4) is 5.75 Å². The van der Waals surface area contributed by atoms with Gasteiger partial charge in [0.2, 0.25) is 0 Å². The molecular formula is C9H9FO3. The highest BCUT2D eigenvalue weighted by atomic mass is 19.1. The highest BCUT2D eigenvalue weighted by Gasteiger charge is 2.17. The van der Waals surface area contributed by atoms with Crippen LogP contribution in [0.15, 0.2) is 12.1 Å². The molecule has 1 N–H and O–H groups in total. The zero-order chi connectivity index (χ0) is 10.0. The lowest BCUT2D eigenvalue weighted by molar-refractivity contribution is 0.0593. The largest absolute Gasteiger partial charge is 0.505 e.